The van der Waals surface area contributed by atoms with Crippen LogP contribution in [0.3, 0.4) is 0 Å². The number of imidazole rings is 1. The van der Waals surface area contributed by atoms with Crippen molar-refractivity contribution in [2.75, 3.05) is 13.7 Å². The Morgan fingerprint density at radius 2 is 1.82 bits per heavy atom. The highest BCUT2D eigenvalue weighted by Crippen LogP contribution is 2.22. The third kappa shape index (κ3) is 5.46. The van der Waals surface area contributed by atoms with Crippen molar-refractivity contribution >= 4 is 28.5 Å². The molecule has 0 aliphatic carbocycles. The van der Waals surface area contributed by atoms with E-state index in [2.05, 4.69) is 9.88 Å². The number of aromatic nitrogens is 2. The Morgan fingerprint density at radius 3 is 2.58 bits per heavy atom. The molecule has 0 atom stereocenters. The molecule has 1 heterocycles. The molecule has 0 unspecified atom stereocenters. The van der Waals surface area contributed by atoms with Crippen LogP contribution in [0, 0.1) is 6.92 Å². The number of amides is 1. The molecule has 6 nitrogen and oxygen atoms in total. The minimum absolute atomic E-state index is 0.155. The lowest BCUT2D eigenvalue weighted by molar-refractivity contribution is 0.0949. The Balaban J connectivity index is 1.41. The summed E-state index contributed by atoms with van der Waals surface area (Å²) in [7, 11) is 1.60. The second-order valence-electron chi connectivity index (χ2n) is 7.69. The molecular weight excluding hydrogens is 438 g/mol. The second kappa shape index (κ2) is 10.4. The van der Waals surface area contributed by atoms with Crippen LogP contribution in [0.15, 0.2) is 66.7 Å². The Morgan fingerprint density at radius 1 is 1.06 bits per heavy atom. The largest absolute Gasteiger partial charge is 0.497 e. The highest BCUT2D eigenvalue weighted by Gasteiger charge is 2.13. The van der Waals surface area contributed by atoms with Crippen molar-refractivity contribution in [3.63, 3.8) is 0 Å². The van der Waals surface area contributed by atoms with Gasteiger partial charge in [-0.1, -0.05) is 23.7 Å². The molecule has 0 spiro atoms. The van der Waals surface area contributed by atoms with E-state index in [1.165, 1.54) is 0 Å². The lowest BCUT2D eigenvalue weighted by Gasteiger charge is -2.12. The number of methoxy groups -OCH3 is 1. The second-order valence-corrected chi connectivity index (χ2v) is 8.10. The topological polar surface area (TPSA) is 65.4 Å². The van der Waals surface area contributed by atoms with Crippen LogP contribution in [-0.2, 0) is 13.1 Å². The molecular formula is C26H26ClN3O3. The van der Waals surface area contributed by atoms with Crippen molar-refractivity contribution < 1.29 is 14.3 Å². The number of hydrogen-bond acceptors (Lipinski definition) is 4. The molecule has 170 valence electrons. The Hall–Kier alpha value is -3.51. The van der Waals surface area contributed by atoms with E-state index in [1.54, 1.807) is 31.4 Å². The van der Waals surface area contributed by atoms with Crippen LogP contribution in [-0.4, -0.2) is 29.2 Å². The van der Waals surface area contributed by atoms with Crippen molar-refractivity contribution in [2.45, 2.75) is 26.4 Å². The van der Waals surface area contributed by atoms with E-state index in [1.807, 2.05) is 49.4 Å². The van der Waals surface area contributed by atoms with Crippen LogP contribution in [0.5, 0.6) is 11.5 Å². The molecule has 3 aromatic carbocycles. The molecule has 0 bridgehead atoms. The molecule has 0 aliphatic heterocycles. The van der Waals surface area contributed by atoms with Crippen LogP contribution in [0.1, 0.15) is 28.2 Å². The number of nitrogens with one attached hydrogen (secondary N) is 1. The lowest BCUT2D eigenvalue weighted by Crippen LogP contribution is -2.25. The fourth-order valence-electron chi connectivity index (χ4n) is 3.63. The van der Waals surface area contributed by atoms with E-state index in [0.717, 1.165) is 46.2 Å². The summed E-state index contributed by atoms with van der Waals surface area (Å²) in [5, 5.41) is 3.71. The Bertz CT molecular complexity index is 1250. The molecule has 7 heteroatoms. The van der Waals surface area contributed by atoms with Gasteiger partial charge < -0.3 is 19.4 Å². The van der Waals surface area contributed by atoms with E-state index in [-0.39, 0.29) is 5.91 Å². The SMILES string of the molecule is COc1ccc(C(=O)NCc2nc3ccccc3n2CCCOc2ccc(Cl)c(C)c2)cc1. The van der Waals surface area contributed by atoms with Crippen molar-refractivity contribution in [1.82, 2.24) is 14.9 Å². The highest BCUT2D eigenvalue weighted by molar-refractivity contribution is 6.31. The van der Waals surface area contributed by atoms with Gasteiger partial charge in [0.1, 0.15) is 17.3 Å². The number of nitrogens with zero attached hydrogens (tertiary/aromatic N) is 2. The molecule has 1 aromatic heterocycles. The summed E-state index contributed by atoms with van der Waals surface area (Å²) in [5.74, 6) is 2.17. The fourth-order valence-corrected chi connectivity index (χ4v) is 3.75. The number of ether oxygens (including phenoxy) is 2. The first-order valence-electron chi connectivity index (χ1n) is 10.8. The fraction of sp³-hybridized carbons (Fsp3) is 0.231. The molecule has 0 radical (unpaired) electrons. The zero-order chi connectivity index (χ0) is 23.2. The maximum absolute atomic E-state index is 12.6. The molecule has 0 saturated carbocycles. The summed E-state index contributed by atoms with van der Waals surface area (Å²) < 4.78 is 13.2. The first-order valence-corrected chi connectivity index (χ1v) is 11.2. The monoisotopic (exact) mass is 463 g/mol. The molecule has 0 fully saturated rings. The van der Waals surface area contributed by atoms with E-state index in [4.69, 9.17) is 26.1 Å². The number of para-hydroxylation sites is 2. The molecule has 4 rings (SSSR count). The van der Waals surface area contributed by atoms with Gasteiger partial charge in [-0.05, 0) is 73.5 Å². The standard InChI is InChI=1S/C26H26ClN3O3/c1-18-16-21(12-13-22(18)27)33-15-5-14-30-24-7-4-3-6-23(24)29-25(30)17-28-26(31)19-8-10-20(32-2)11-9-19/h3-4,6-13,16H,5,14-15,17H2,1-2H3,(H,28,31). The third-order valence-corrected chi connectivity index (χ3v) is 5.84. The molecule has 0 aliphatic rings. The zero-order valence-electron chi connectivity index (χ0n) is 18.7. The number of fused-ring (bicyclic) bond motifs is 1. The average Bonchev–Trinajstić information content (AvgIpc) is 3.20. The maximum atomic E-state index is 12.6. The molecule has 4 aromatic rings. The van der Waals surface area contributed by atoms with Crippen molar-refractivity contribution in [3.05, 3.63) is 88.7 Å². The number of rotatable bonds is 9. The van der Waals surface area contributed by atoms with Gasteiger partial charge in [0.15, 0.2) is 0 Å². The average molecular weight is 464 g/mol. The first kappa shape index (κ1) is 22.7. The van der Waals surface area contributed by atoms with Crippen LogP contribution < -0.4 is 14.8 Å². The van der Waals surface area contributed by atoms with Gasteiger partial charge in [0.05, 0.1) is 31.3 Å². The summed E-state index contributed by atoms with van der Waals surface area (Å²) in [6.07, 6.45) is 0.793. The minimum atomic E-state index is -0.155. The summed E-state index contributed by atoms with van der Waals surface area (Å²) in [6, 6.07) is 20.7. The van der Waals surface area contributed by atoms with Gasteiger partial charge in [-0.2, -0.15) is 0 Å². The number of carbonyl (C=O) groups excluding carboxylic acids is 1. The maximum Gasteiger partial charge on any atom is 0.251 e. The highest BCUT2D eigenvalue weighted by atomic mass is 35.5. The minimum Gasteiger partial charge on any atom is -0.497 e. The van der Waals surface area contributed by atoms with Crippen molar-refractivity contribution in [3.8, 4) is 11.5 Å². The molecule has 1 N–H and O–H groups in total. The van der Waals surface area contributed by atoms with Gasteiger partial charge >= 0.3 is 0 Å². The predicted octanol–water partition coefficient (Wildman–Crippen LogP) is 5.41. The van der Waals surface area contributed by atoms with E-state index < -0.39 is 0 Å². The predicted molar refractivity (Wildman–Crippen MR) is 130 cm³/mol. The van der Waals surface area contributed by atoms with Gasteiger partial charge in [0, 0.05) is 17.1 Å². The molecule has 0 saturated heterocycles. The number of benzene rings is 3. The number of halogens is 1. The molecule has 1 amide bonds. The first-order chi connectivity index (χ1) is 16.0. The van der Waals surface area contributed by atoms with Crippen LogP contribution in [0.4, 0.5) is 0 Å². The van der Waals surface area contributed by atoms with Crippen LogP contribution >= 0.6 is 11.6 Å². The smallest absolute Gasteiger partial charge is 0.251 e. The van der Waals surface area contributed by atoms with Crippen LogP contribution in [0.2, 0.25) is 5.02 Å². The van der Waals surface area contributed by atoms with Gasteiger partial charge in [0.2, 0.25) is 0 Å². The number of carbonyl (C=O) groups is 1. The zero-order valence-corrected chi connectivity index (χ0v) is 19.4. The van der Waals surface area contributed by atoms with Gasteiger partial charge in [0.25, 0.3) is 5.91 Å². The summed E-state index contributed by atoms with van der Waals surface area (Å²) in [5.41, 5.74) is 3.50. The van der Waals surface area contributed by atoms with E-state index in [9.17, 15) is 4.79 Å². The van der Waals surface area contributed by atoms with E-state index in [0.29, 0.717) is 24.5 Å². The van der Waals surface area contributed by atoms with Crippen LogP contribution in [0.25, 0.3) is 11.0 Å². The molecule has 33 heavy (non-hydrogen) atoms. The number of hydrogen-bond donors (Lipinski definition) is 1. The normalized spacial score (nSPS) is 10.9. The third-order valence-electron chi connectivity index (χ3n) is 5.42. The van der Waals surface area contributed by atoms with Gasteiger partial charge in [-0.15, -0.1) is 0 Å². The quantitative estimate of drug-likeness (QED) is 0.337. The van der Waals surface area contributed by atoms with E-state index >= 15 is 0 Å². The Labute approximate surface area is 198 Å². The summed E-state index contributed by atoms with van der Waals surface area (Å²) in [6.45, 7) is 3.57. The summed E-state index contributed by atoms with van der Waals surface area (Å²) >= 11 is 6.09. The van der Waals surface area contributed by atoms with Crippen molar-refractivity contribution in [1.29, 1.82) is 0 Å². The number of aryl methyl sites for hydroxylation is 2. The van der Waals surface area contributed by atoms with Crippen molar-refractivity contribution in [2.24, 2.45) is 0 Å². The summed E-state index contributed by atoms with van der Waals surface area (Å²) in [4.78, 5) is 17.3. The Kier molecular flexibility index (Phi) is 7.15. The lowest BCUT2D eigenvalue weighted by atomic mass is 10.2. The van der Waals surface area contributed by atoms with Gasteiger partial charge in [-0.25, -0.2) is 4.98 Å². The van der Waals surface area contributed by atoms with Gasteiger partial charge in [-0.3, -0.25) is 4.79 Å².